The highest BCUT2D eigenvalue weighted by atomic mass is 16.3. The average Bonchev–Trinajstić information content (AvgIpc) is 2.44. The second kappa shape index (κ2) is 3.79. The van der Waals surface area contributed by atoms with Gasteiger partial charge in [-0.25, -0.2) is 0 Å². The van der Waals surface area contributed by atoms with Gasteiger partial charge in [-0.15, -0.1) is 0 Å². The zero-order chi connectivity index (χ0) is 10.0. The van der Waals surface area contributed by atoms with E-state index in [9.17, 15) is 5.11 Å². The van der Waals surface area contributed by atoms with E-state index in [0.717, 1.165) is 12.1 Å². The molecule has 0 aliphatic heterocycles. The van der Waals surface area contributed by atoms with E-state index in [4.69, 9.17) is 5.73 Å². The molecule has 74 valence electrons. The molecule has 0 amide bonds. The van der Waals surface area contributed by atoms with Gasteiger partial charge in [0.15, 0.2) is 0 Å². The van der Waals surface area contributed by atoms with Crippen LogP contribution in [0.4, 0.5) is 5.69 Å². The topological polar surface area (TPSA) is 64.1 Å². The minimum Gasteiger partial charge on any atom is -0.396 e. The van der Waals surface area contributed by atoms with Gasteiger partial charge in [-0.2, -0.15) is 5.10 Å². The number of nitrogen functional groups attached to an aromatic ring is 1. The van der Waals surface area contributed by atoms with Crippen molar-refractivity contribution in [2.45, 2.75) is 39.3 Å². The Hall–Kier alpha value is -1.03. The van der Waals surface area contributed by atoms with Crippen LogP contribution in [0.1, 0.15) is 32.0 Å². The van der Waals surface area contributed by atoms with Gasteiger partial charge in [-0.3, -0.25) is 4.68 Å². The third kappa shape index (κ3) is 2.01. The lowest BCUT2D eigenvalue weighted by Gasteiger charge is -2.17. The van der Waals surface area contributed by atoms with Crippen LogP contribution >= 0.6 is 0 Å². The van der Waals surface area contributed by atoms with Gasteiger partial charge < -0.3 is 10.8 Å². The van der Waals surface area contributed by atoms with Crippen molar-refractivity contribution in [3.05, 3.63) is 11.9 Å². The normalized spacial score (nSPS) is 15.7. The summed E-state index contributed by atoms with van der Waals surface area (Å²) in [5.41, 5.74) is 7.15. The van der Waals surface area contributed by atoms with Crippen molar-refractivity contribution in [2.75, 3.05) is 5.73 Å². The van der Waals surface area contributed by atoms with Gasteiger partial charge in [-0.1, -0.05) is 6.92 Å². The average molecular weight is 183 g/mol. The second-order valence-electron chi connectivity index (χ2n) is 3.37. The summed E-state index contributed by atoms with van der Waals surface area (Å²) in [6, 6.07) is -0.0130. The fourth-order valence-electron chi connectivity index (χ4n) is 1.22. The van der Waals surface area contributed by atoms with Crippen LogP contribution in [0.5, 0.6) is 0 Å². The molecule has 0 fully saturated rings. The Bertz CT molecular complexity index is 263. The molecule has 4 nitrogen and oxygen atoms in total. The lowest BCUT2D eigenvalue weighted by atomic mass is 10.1. The SMILES string of the molecule is CCC(O)C(C)n1cc(N)c(C)n1. The van der Waals surface area contributed by atoms with Crippen LogP contribution in [-0.4, -0.2) is 21.0 Å². The van der Waals surface area contributed by atoms with E-state index >= 15 is 0 Å². The van der Waals surface area contributed by atoms with Crippen LogP contribution in [0.3, 0.4) is 0 Å². The lowest BCUT2D eigenvalue weighted by molar-refractivity contribution is 0.111. The molecule has 1 heterocycles. The summed E-state index contributed by atoms with van der Waals surface area (Å²) in [5, 5.41) is 13.8. The first-order chi connectivity index (χ1) is 6.06. The van der Waals surface area contributed by atoms with Gasteiger partial charge in [-0.05, 0) is 20.3 Å². The molecule has 0 bridgehead atoms. The van der Waals surface area contributed by atoms with Crippen LogP contribution in [-0.2, 0) is 0 Å². The Labute approximate surface area is 78.4 Å². The van der Waals surface area contributed by atoms with E-state index in [2.05, 4.69) is 5.10 Å². The van der Waals surface area contributed by atoms with Crippen LogP contribution in [0, 0.1) is 6.92 Å². The zero-order valence-electron chi connectivity index (χ0n) is 8.36. The summed E-state index contributed by atoms with van der Waals surface area (Å²) in [6.45, 7) is 5.73. The number of nitrogens with two attached hydrogens (primary N) is 1. The summed E-state index contributed by atoms with van der Waals surface area (Å²) in [6.07, 6.45) is 2.12. The van der Waals surface area contributed by atoms with E-state index in [1.54, 1.807) is 10.9 Å². The molecule has 0 aromatic carbocycles. The zero-order valence-corrected chi connectivity index (χ0v) is 8.36. The van der Waals surface area contributed by atoms with Crippen molar-refractivity contribution in [3.8, 4) is 0 Å². The molecule has 2 unspecified atom stereocenters. The fraction of sp³-hybridized carbons (Fsp3) is 0.667. The van der Waals surface area contributed by atoms with Crippen LogP contribution in [0.2, 0.25) is 0 Å². The Morgan fingerprint density at radius 2 is 2.31 bits per heavy atom. The fourth-order valence-corrected chi connectivity index (χ4v) is 1.22. The first-order valence-electron chi connectivity index (χ1n) is 4.55. The van der Waals surface area contributed by atoms with Crippen molar-refractivity contribution in [3.63, 3.8) is 0 Å². The number of aryl methyl sites for hydroxylation is 1. The van der Waals surface area contributed by atoms with Crippen LogP contribution in [0.15, 0.2) is 6.20 Å². The largest absolute Gasteiger partial charge is 0.396 e. The number of aromatic nitrogens is 2. The summed E-state index contributed by atoms with van der Waals surface area (Å²) in [5.74, 6) is 0. The number of nitrogens with zero attached hydrogens (tertiary/aromatic N) is 2. The number of rotatable bonds is 3. The summed E-state index contributed by atoms with van der Waals surface area (Å²) >= 11 is 0. The second-order valence-corrected chi connectivity index (χ2v) is 3.37. The molecule has 0 saturated carbocycles. The highest BCUT2D eigenvalue weighted by molar-refractivity contribution is 5.39. The standard InChI is InChI=1S/C9H17N3O/c1-4-9(13)7(3)12-5-8(10)6(2)11-12/h5,7,9,13H,4,10H2,1-3H3. The van der Waals surface area contributed by atoms with Crippen molar-refractivity contribution in [2.24, 2.45) is 0 Å². The smallest absolute Gasteiger partial charge is 0.0823 e. The van der Waals surface area contributed by atoms with E-state index < -0.39 is 0 Å². The molecule has 1 aromatic rings. The van der Waals surface area contributed by atoms with Crippen LogP contribution < -0.4 is 5.73 Å². The van der Waals surface area contributed by atoms with E-state index in [1.807, 2.05) is 20.8 Å². The predicted octanol–water partition coefficient (Wildman–Crippen LogP) is 1.11. The minimum absolute atomic E-state index is 0.0130. The third-order valence-electron chi connectivity index (χ3n) is 2.35. The van der Waals surface area contributed by atoms with Gasteiger partial charge in [0.2, 0.25) is 0 Å². The van der Waals surface area contributed by atoms with Crippen molar-refractivity contribution < 1.29 is 5.11 Å². The van der Waals surface area contributed by atoms with Gasteiger partial charge in [0, 0.05) is 6.20 Å². The molecule has 13 heavy (non-hydrogen) atoms. The maximum absolute atomic E-state index is 9.58. The molecule has 4 heteroatoms. The lowest BCUT2D eigenvalue weighted by Crippen LogP contribution is -2.21. The van der Waals surface area contributed by atoms with Gasteiger partial charge >= 0.3 is 0 Å². The Balaban J connectivity index is 2.82. The summed E-state index contributed by atoms with van der Waals surface area (Å²) < 4.78 is 1.72. The number of aliphatic hydroxyl groups excluding tert-OH is 1. The summed E-state index contributed by atoms with van der Waals surface area (Å²) in [7, 11) is 0. The Kier molecular flexibility index (Phi) is 2.93. The summed E-state index contributed by atoms with van der Waals surface area (Å²) in [4.78, 5) is 0. The molecule has 0 radical (unpaired) electrons. The molecule has 3 N–H and O–H groups in total. The molecular formula is C9H17N3O. The molecule has 1 rings (SSSR count). The highest BCUT2D eigenvalue weighted by Crippen LogP contribution is 2.16. The Morgan fingerprint density at radius 3 is 2.69 bits per heavy atom. The predicted molar refractivity (Wildman–Crippen MR) is 52.4 cm³/mol. The van der Waals surface area contributed by atoms with E-state index in [-0.39, 0.29) is 12.1 Å². The Morgan fingerprint density at radius 1 is 1.69 bits per heavy atom. The maximum Gasteiger partial charge on any atom is 0.0823 e. The van der Waals surface area contributed by atoms with Crippen molar-refractivity contribution in [1.29, 1.82) is 0 Å². The van der Waals surface area contributed by atoms with E-state index in [0.29, 0.717) is 5.69 Å². The third-order valence-corrected chi connectivity index (χ3v) is 2.35. The molecule has 0 aliphatic carbocycles. The molecule has 0 aliphatic rings. The highest BCUT2D eigenvalue weighted by Gasteiger charge is 2.15. The van der Waals surface area contributed by atoms with Gasteiger partial charge in [0.1, 0.15) is 0 Å². The number of anilines is 1. The number of hydrogen-bond acceptors (Lipinski definition) is 3. The van der Waals surface area contributed by atoms with Gasteiger partial charge in [0.25, 0.3) is 0 Å². The van der Waals surface area contributed by atoms with Crippen LogP contribution in [0.25, 0.3) is 0 Å². The molecule has 1 aromatic heterocycles. The number of hydrogen-bond donors (Lipinski definition) is 2. The first kappa shape index (κ1) is 10.1. The number of aliphatic hydroxyl groups is 1. The monoisotopic (exact) mass is 183 g/mol. The van der Waals surface area contributed by atoms with E-state index in [1.165, 1.54) is 0 Å². The maximum atomic E-state index is 9.58. The molecule has 2 atom stereocenters. The van der Waals surface area contributed by atoms with Crippen molar-refractivity contribution in [1.82, 2.24) is 9.78 Å². The minimum atomic E-state index is -0.362. The quantitative estimate of drug-likeness (QED) is 0.737. The first-order valence-corrected chi connectivity index (χ1v) is 4.55. The van der Waals surface area contributed by atoms with Crippen molar-refractivity contribution >= 4 is 5.69 Å². The molecule has 0 saturated heterocycles. The van der Waals surface area contributed by atoms with Gasteiger partial charge in [0.05, 0.1) is 23.5 Å². The molecule has 0 spiro atoms. The molecular weight excluding hydrogens is 166 g/mol.